The lowest BCUT2D eigenvalue weighted by Crippen LogP contribution is -2.06. The number of hydrogen-bond donors (Lipinski definition) is 1. The smallest absolute Gasteiger partial charge is 0.120 e. The van der Waals surface area contributed by atoms with E-state index in [0.717, 1.165) is 21.3 Å². The van der Waals surface area contributed by atoms with Gasteiger partial charge in [0, 0.05) is 9.50 Å². The largest absolute Gasteiger partial charge is 0.491 e. The van der Waals surface area contributed by atoms with Crippen molar-refractivity contribution in [2.75, 3.05) is 0 Å². The van der Waals surface area contributed by atoms with Crippen LogP contribution in [0.4, 0.5) is 0 Å². The van der Waals surface area contributed by atoms with Crippen molar-refractivity contribution in [3.63, 3.8) is 0 Å². The summed E-state index contributed by atoms with van der Waals surface area (Å²) in [6, 6.07) is 12.8. The minimum absolute atomic E-state index is 0.102. The van der Waals surface area contributed by atoms with Gasteiger partial charge in [0.05, 0.1) is 6.10 Å². The summed E-state index contributed by atoms with van der Waals surface area (Å²) in [6.07, 6.45) is -0.623. The summed E-state index contributed by atoms with van der Waals surface area (Å²) in [7, 11) is 0. The van der Waals surface area contributed by atoms with Crippen molar-refractivity contribution in [3.05, 3.63) is 63.1 Å². The van der Waals surface area contributed by atoms with E-state index in [4.69, 9.17) is 16.3 Å². The molecule has 20 heavy (non-hydrogen) atoms. The maximum atomic E-state index is 10.5. The van der Waals surface area contributed by atoms with Crippen LogP contribution in [-0.4, -0.2) is 11.2 Å². The molecule has 106 valence electrons. The summed E-state index contributed by atoms with van der Waals surface area (Å²) in [5, 5.41) is 11.1. The standard InChI is InChI=1S/C16H16BrClO2/c1-10(2)20-13-5-3-4-11(8-13)16(19)14-7-6-12(18)9-15(14)17/h3-10,16,19H,1-2H3. The minimum atomic E-state index is -0.725. The SMILES string of the molecule is CC(C)Oc1cccc(C(O)c2ccc(Cl)cc2Br)c1. The van der Waals surface area contributed by atoms with Gasteiger partial charge in [0.25, 0.3) is 0 Å². The third kappa shape index (κ3) is 3.75. The fourth-order valence-corrected chi connectivity index (χ4v) is 2.83. The van der Waals surface area contributed by atoms with Crippen molar-refractivity contribution in [3.8, 4) is 5.75 Å². The Bertz CT molecular complexity index is 599. The van der Waals surface area contributed by atoms with E-state index >= 15 is 0 Å². The first-order valence-corrected chi connectivity index (χ1v) is 7.54. The lowest BCUT2D eigenvalue weighted by atomic mass is 10.0. The first-order chi connectivity index (χ1) is 9.47. The van der Waals surface area contributed by atoms with Crippen LogP contribution >= 0.6 is 27.5 Å². The van der Waals surface area contributed by atoms with E-state index in [0.29, 0.717) is 5.02 Å². The molecule has 0 radical (unpaired) electrons. The van der Waals surface area contributed by atoms with Crippen LogP contribution in [0, 0.1) is 0 Å². The molecule has 1 N–H and O–H groups in total. The monoisotopic (exact) mass is 354 g/mol. The molecule has 0 heterocycles. The zero-order valence-electron chi connectivity index (χ0n) is 11.3. The predicted molar refractivity (Wildman–Crippen MR) is 85.4 cm³/mol. The molecule has 0 aliphatic carbocycles. The molecule has 0 amide bonds. The molecule has 1 unspecified atom stereocenters. The summed E-state index contributed by atoms with van der Waals surface area (Å²) in [5.41, 5.74) is 1.56. The predicted octanol–water partition coefficient (Wildman–Crippen LogP) is 4.97. The number of rotatable bonds is 4. The summed E-state index contributed by atoms with van der Waals surface area (Å²) in [4.78, 5) is 0. The van der Waals surface area contributed by atoms with Gasteiger partial charge in [-0.3, -0.25) is 0 Å². The third-order valence-corrected chi connectivity index (χ3v) is 3.72. The van der Waals surface area contributed by atoms with Gasteiger partial charge < -0.3 is 9.84 Å². The Kier molecular flexibility index (Phi) is 5.08. The summed E-state index contributed by atoms with van der Waals surface area (Å²) in [5.74, 6) is 0.752. The maximum Gasteiger partial charge on any atom is 0.120 e. The number of halogens is 2. The molecule has 2 nitrogen and oxygen atoms in total. The highest BCUT2D eigenvalue weighted by atomic mass is 79.9. The molecule has 0 aliphatic heterocycles. The van der Waals surface area contributed by atoms with E-state index in [1.54, 1.807) is 12.1 Å². The zero-order valence-corrected chi connectivity index (χ0v) is 13.6. The molecule has 2 aromatic rings. The second-order valence-electron chi connectivity index (χ2n) is 4.81. The zero-order chi connectivity index (χ0) is 14.7. The van der Waals surface area contributed by atoms with Crippen molar-refractivity contribution in [2.24, 2.45) is 0 Å². The van der Waals surface area contributed by atoms with Crippen molar-refractivity contribution in [1.82, 2.24) is 0 Å². The number of ether oxygens (including phenoxy) is 1. The average Bonchev–Trinajstić information content (AvgIpc) is 2.37. The van der Waals surface area contributed by atoms with Gasteiger partial charge in [0.15, 0.2) is 0 Å². The van der Waals surface area contributed by atoms with Crippen LogP contribution in [0.2, 0.25) is 5.02 Å². The second kappa shape index (κ2) is 6.61. The van der Waals surface area contributed by atoms with Crippen molar-refractivity contribution >= 4 is 27.5 Å². The van der Waals surface area contributed by atoms with E-state index in [-0.39, 0.29) is 6.10 Å². The number of hydrogen-bond acceptors (Lipinski definition) is 2. The molecule has 4 heteroatoms. The molecule has 2 aromatic carbocycles. The fraction of sp³-hybridized carbons (Fsp3) is 0.250. The molecule has 0 fully saturated rings. The fourth-order valence-electron chi connectivity index (χ4n) is 1.93. The lowest BCUT2D eigenvalue weighted by Gasteiger charge is -2.16. The van der Waals surface area contributed by atoms with E-state index in [1.165, 1.54) is 0 Å². The highest BCUT2D eigenvalue weighted by Crippen LogP contribution is 2.32. The first kappa shape index (κ1) is 15.4. The molecular formula is C16H16BrClO2. The van der Waals surface area contributed by atoms with Gasteiger partial charge in [0.2, 0.25) is 0 Å². The molecule has 0 bridgehead atoms. The van der Waals surface area contributed by atoms with Crippen LogP contribution in [0.3, 0.4) is 0 Å². The quantitative estimate of drug-likeness (QED) is 0.839. The van der Waals surface area contributed by atoms with E-state index in [1.807, 2.05) is 44.2 Å². The third-order valence-electron chi connectivity index (χ3n) is 2.80. The van der Waals surface area contributed by atoms with Crippen molar-refractivity contribution < 1.29 is 9.84 Å². The molecule has 0 saturated carbocycles. The summed E-state index contributed by atoms with van der Waals surface area (Å²) < 4.78 is 6.43. The second-order valence-corrected chi connectivity index (χ2v) is 6.10. The Morgan fingerprint density at radius 2 is 1.90 bits per heavy atom. The molecule has 0 spiro atoms. The van der Waals surface area contributed by atoms with Gasteiger partial charge in [-0.05, 0) is 49.2 Å². The Morgan fingerprint density at radius 1 is 1.15 bits per heavy atom. The first-order valence-electron chi connectivity index (χ1n) is 6.37. The topological polar surface area (TPSA) is 29.5 Å². The van der Waals surface area contributed by atoms with Gasteiger partial charge in [-0.15, -0.1) is 0 Å². The van der Waals surface area contributed by atoms with E-state index < -0.39 is 6.10 Å². The Balaban J connectivity index is 2.30. The van der Waals surface area contributed by atoms with Gasteiger partial charge in [-0.25, -0.2) is 0 Å². The minimum Gasteiger partial charge on any atom is -0.491 e. The van der Waals surface area contributed by atoms with Crippen LogP contribution in [0.25, 0.3) is 0 Å². The lowest BCUT2D eigenvalue weighted by molar-refractivity contribution is 0.216. The molecule has 0 saturated heterocycles. The molecule has 0 aromatic heterocycles. The van der Waals surface area contributed by atoms with Crippen LogP contribution in [0.1, 0.15) is 31.1 Å². The Labute approximate surface area is 132 Å². The Hall–Kier alpha value is -1.03. The van der Waals surface area contributed by atoms with Gasteiger partial charge in [-0.1, -0.05) is 45.7 Å². The maximum absolute atomic E-state index is 10.5. The van der Waals surface area contributed by atoms with E-state index in [9.17, 15) is 5.11 Å². The highest BCUT2D eigenvalue weighted by Gasteiger charge is 2.14. The van der Waals surface area contributed by atoms with Crippen LogP contribution in [0.5, 0.6) is 5.75 Å². The van der Waals surface area contributed by atoms with Gasteiger partial charge in [0.1, 0.15) is 11.9 Å². The molecule has 1 atom stereocenters. The van der Waals surface area contributed by atoms with Gasteiger partial charge in [-0.2, -0.15) is 0 Å². The number of benzene rings is 2. The number of aliphatic hydroxyl groups is 1. The normalized spacial score (nSPS) is 12.5. The van der Waals surface area contributed by atoms with Gasteiger partial charge >= 0.3 is 0 Å². The van der Waals surface area contributed by atoms with Crippen LogP contribution < -0.4 is 4.74 Å². The van der Waals surface area contributed by atoms with Crippen LogP contribution in [-0.2, 0) is 0 Å². The van der Waals surface area contributed by atoms with E-state index in [2.05, 4.69) is 15.9 Å². The van der Waals surface area contributed by atoms with Crippen molar-refractivity contribution in [1.29, 1.82) is 0 Å². The molecule has 2 rings (SSSR count). The number of aliphatic hydroxyl groups excluding tert-OH is 1. The summed E-state index contributed by atoms with van der Waals surface area (Å²) >= 11 is 9.35. The van der Waals surface area contributed by atoms with Crippen molar-refractivity contribution in [2.45, 2.75) is 26.1 Å². The van der Waals surface area contributed by atoms with Crippen LogP contribution in [0.15, 0.2) is 46.9 Å². The average molecular weight is 356 g/mol. The highest BCUT2D eigenvalue weighted by molar-refractivity contribution is 9.10. The molecule has 0 aliphatic rings. The Morgan fingerprint density at radius 3 is 2.55 bits per heavy atom. The molecular weight excluding hydrogens is 340 g/mol. The summed E-state index contributed by atoms with van der Waals surface area (Å²) in [6.45, 7) is 3.94.